The summed E-state index contributed by atoms with van der Waals surface area (Å²) in [5.74, 6) is 1.27. The molecule has 2 aliphatic rings. The third-order valence-corrected chi connectivity index (χ3v) is 6.21. The standard InChI is InChI=1S/C24H28N4O6/c1-31-19-6-4-16-21(22(19)32-2)24(30)34-23(16)25-15-3-5-18-17(13-15)26-20(28(18)7-10-29)14-27-8-11-33-12-9-27/h3-6,13,23,25,29H,7-12,14H2,1-2H3/t23-/m0/s1. The van der Waals surface area contributed by atoms with Gasteiger partial charge in [0, 0.05) is 30.9 Å². The van der Waals surface area contributed by atoms with Crippen LogP contribution in [0.5, 0.6) is 11.5 Å². The zero-order valence-electron chi connectivity index (χ0n) is 19.2. The lowest BCUT2D eigenvalue weighted by molar-refractivity contribution is 0.0325. The SMILES string of the molecule is COc1ccc2c(c1OC)C(=O)O[C@@H]2Nc1ccc2c(c1)nc(CN1CCOCC1)n2CCO. The van der Waals surface area contributed by atoms with Gasteiger partial charge in [0.15, 0.2) is 11.5 Å². The fraction of sp³-hybridized carbons (Fsp3) is 0.417. The number of nitrogens with one attached hydrogen (secondary N) is 1. The Kier molecular flexibility index (Phi) is 6.27. The number of aliphatic hydroxyl groups is 1. The Hall–Kier alpha value is -3.34. The molecule has 0 bridgehead atoms. The fourth-order valence-electron chi connectivity index (χ4n) is 4.56. The van der Waals surface area contributed by atoms with Gasteiger partial charge in [0.2, 0.25) is 6.23 Å². The van der Waals surface area contributed by atoms with Crippen LogP contribution in [0.25, 0.3) is 11.0 Å². The van der Waals surface area contributed by atoms with E-state index in [2.05, 4.69) is 14.8 Å². The first-order valence-corrected chi connectivity index (χ1v) is 11.3. The van der Waals surface area contributed by atoms with E-state index in [1.807, 2.05) is 18.2 Å². The summed E-state index contributed by atoms with van der Waals surface area (Å²) in [7, 11) is 3.02. The number of hydrogen-bond donors (Lipinski definition) is 2. The quantitative estimate of drug-likeness (QED) is 0.481. The summed E-state index contributed by atoms with van der Waals surface area (Å²) in [6.07, 6.45) is -0.660. The van der Waals surface area contributed by atoms with Crippen molar-refractivity contribution in [2.75, 3.05) is 52.4 Å². The smallest absolute Gasteiger partial charge is 0.344 e. The molecule has 1 saturated heterocycles. The van der Waals surface area contributed by atoms with E-state index in [0.29, 0.717) is 48.9 Å². The fourth-order valence-corrected chi connectivity index (χ4v) is 4.56. The van der Waals surface area contributed by atoms with Crippen LogP contribution >= 0.6 is 0 Å². The monoisotopic (exact) mass is 468 g/mol. The number of anilines is 1. The highest BCUT2D eigenvalue weighted by Gasteiger charge is 2.36. The number of methoxy groups -OCH3 is 2. The van der Waals surface area contributed by atoms with Gasteiger partial charge in [-0.2, -0.15) is 0 Å². The Morgan fingerprint density at radius 2 is 2.00 bits per heavy atom. The molecule has 2 N–H and O–H groups in total. The van der Waals surface area contributed by atoms with Gasteiger partial charge >= 0.3 is 5.97 Å². The van der Waals surface area contributed by atoms with Gasteiger partial charge in [0.05, 0.1) is 51.6 Å². The Morgan fingerprint density at radius 1 is 1.18 bits per heavy atom. The van der Waals surface area contributed by atoms with Crippen molar-refractivity contribution in [1.29, 1.82) is 0 Å². The highest BCUT2D eigenvalue weighted by atomic mass is 16.6. The Balaban J connectivity index is 1.43. The van der Waals surface area contributed by atoms with Gasteiger partial charge in [-0.1, -0.05) is 0 Å². The van der Waals surface area contributed by atoms with Crippen LogP contribution in [0.3, 0.4) is 0 Å². The summed E-state index contributed by atoms with van der Waals surface area (Å²) in [5, 5.41) is 12.9. The van der Waals surface area contributed by atoms with Gasteiger partial charge in [-0.25, -0.2) is 9.78 Å². The number of aromatic nitrogens is 2. The van der Waals surface area contributed by atoms with E-state index < -0.39 is 12.2 Å². The molecule has 0 radical (unpaired) electrons. The minimum Gasteiger partial charge on any atom is -0.493 e. The second kappa shape index (κ2) is 9.49. The molecular formula is C24H28N4O6. The molecule has 180 valence electrons. The average Bonchev–Trinajstić information content (AvgIpc) is 3.35. The first kappa shape index (κ1) is 22.5. The molecule has 10 heteroatoms. The topological polar surface area (TPSA) is 107 Å². The maximum atomic E-state index is 12.6. The first-order chi connectivity index (χ1) is 16.6. The summed E-state index contributed by atoms with van der Waals surface area (Å²) < 4.78 is 23.8. The van der Waals surface area contributed by atoms with E-state index in [1.54, 1.807) is 12.1 Å². The minimum absolute atomic E-state index is 0.0294. The van der Waals surface area contributed by atoms with Gasteiger partial charge in [-0.05, 0) is 30.3 Å². The molecule has 5 rings (SSSR count). The second-order valence-corrected chi connectivity index (χ2v) is 8.19. The first-order valence-electron chi connectivity index (χ1n) is 11.3. The predicted octanol–water partition coefficient (Wildman–Crippen LogP) is 2.16. The molecule has 3 aromatic rings. The number of rotatable bonds is 8. The van der Waals surface area contributed by atoms with Crippen LogP contribution < -0.4 is 14.8 Å². The van der Waals surface area contributed by atoms with Crippen molar-refractivity contribution in [3.05, 3.63) is 47.3 Å². The number of morpholine rings is 1. The molecule has 1 fully saturated rings. The lowest BCUT2D eigenvalue weighted by Crippen LogP contribution is -2.36. The number of imidazole rings is 1. The largest absolute Gasteiger partial charge is 0.493 e. The van der Waals surface area contributed by atoms with Crippen LogP contribution in [-0.2, 0) is 22.6 Å². The number of aliphatic hydroxyl groups excluding tert-OH is 1. The van der Waals surface area contributed by atoms with Crippen LogP contribution in [0.2, 0.25) is 0 Å². The highest BCUT2D eigenvalue weighted by molar-refractivity contribution is 5.98. The van der Waals surface area contributed by atoms with Crippen molar-refractivity contribution in [1.82, 2.24) is 14.5 Å². The number of esters is 1. The molecule has 1 aromatic heterocycles. The van der Waals surface area contributed by atoms with Crippen molar-refractivity contribution in [3.8, 4) is 11.5 Å². The zero-order valence-corrected chi connectivity index (χ0v) is 19.2. The third-order valence-electron chi connectivity index (χ3n) is 6.21. The van der Waals surface area contributed by atoms with Crippen molar-refractivity contribution in [2.45, 2.75) is 19.3 Å². The molecule has 2 aliphatic heterocycles. The molecule has 0 aliphatic carbocycles. The van der Waals surface area contributed by atoms with Gasteiger partial charge in [-0.3, -0.25) is 4.90 Å². The summed E-state index contributed by atoms with van der Waals surface area (Å²) >= 11 is 0. The molecular weight excluding hydrogens is 440 g/mol. The average molecular weight is 469 g/mol. The molecule has 34 heavy (non-hydrogen) atoms. The van der Waals surface area contributed by atoms with E-state index in [-0.39, 0.29) is 6.61 Å². The van der Waals surface area contributed by atoms with Crippen LogP contribution in [-0.4, -0.2) is 72.7 Å². The van der Waals surface area contributed by atoms with Crippen LogP contribution in [0.1, 0.15) is 28.0 Å². The summed E-state index contributed by atoms with van der Waals surface area (Å²) in [4.78, 5) is 19.7. The lowest BCUT2D eigenvalue weighted by atomic mass is 10.1. The number of carbonyl (C=O) groups excluding carboxylic acids is 1. The van der Waals surface area contributed by atoms with E-state index in [0.717, 1.165) is 35.6 Å². The zero-order chi connectivity index (χ0) is 23.7. The van der Waals surface area contributed by atoms with Gasteiger partial charge in [-0.15, -0.1) is 0 Å². The number of ether oxygens (including phenoxy) is 4. The van der Waals surface area contributed by atoms with Crippen LogP contribution in [0, 0.1) is 0 Å². The van der Waals surface area contributed by atoms with Crippen LogP contribution in [0.4, 0.5) is 5.69 Å². The lowest BCUT2D eigenvalue weighted by Gasteiger charge is -2.26. The normalized spacial score (nSPS) is 18.1. The maximum absolute atomic E-state index is 12.6. The maximum Gasteiger partial charge on any atom is 0.344 e. The Morgan fingerprint density at radius 3 is 2.74 bits per heavy atom. The number of carbonyl (C=O) groups is 1. The number of benzene rings is 2. The van der Waals surface area contributed by atoms with Crippen LogP contribution in [0.15, 0.2) is 30.3 Å². The number of hydrogen-bond acceptors (Lipinski definition) is 9. The van der Waals surface area contributed by atoms with Crippen molar-refractivity contribution in [2.24, 2.45) is 0 Å². The van der Waals surface area contributed by atoms with Gasteiger partial charge in [0.25, 0.3) is 0 Å². The van der Waals surface area contributed by atoms with E-state index in [1.165, 1.54) is 14.2 Å². The van der Waals surface area contributed by atoms with Gasteiger partial charge < -0.3 is 33.9 Å². The molecule has 2 aromatic carbocycles. The Bertz CT molecular complexity index is 1200. The number of cyclic esters (lactones) is 1. The third kappa shape index (κ3) is 4.04. The molecule has 0 spiro atoms. The van der Waals surface area contributed by atoms with E-state index in [4.69, 9.17) is 23.9 Å². The van der Waals surface area contributed by atoms with Gasteiger partial charge in [0.1, 0.15) is 11.4 Å². The van der Waals surface area contributed by atoms with Crippen molar-refractivity contribution in [3.63, 3.8) is 0 Å². The summed E-state index contributed by atoms with van der Waals surface area (Å²) in [5.41, 5.74) is 3.55. The number of nitrogens with zero attached hydrogens (tertiary/aromatic N) is 3. The molecule has 0 saturated carbocycles. The predicted molar refractivity (Wildman–Crippen MR) is 124 cm³/mol. The summed E-state index contributed by atoms with van der Waals surface area (Å²) in [6.45, 7) is 4.33. The van der Waals surface area contributed by atoms with Crippen molar-refractivity contribution >= 4 is 22.7 Å². The highest BCUT2D eigenvalue weighted by Crippen LogP contribution is 2.42. The Labute approximate surface area is 197 Å². The van der Waals surface area contributed by atoms with E-state index >= 15 is 0 Å². The van der Waals surface area contributed by atoms with Crippen molar-refractivity contribution < 1.29 is 28.8 Å². The molecule has 1 atom stereocenters. The minimum atomic E-state index is -0.660. The molecule has 0 amide bonds. The molecule has 10 nitrogen and oxygen atoms in total. The summed E-state index contributed by atoms with van der Waals surface area (Å²) in [6, 6.07) is 9.37. The molecule has 3 heterocycles. The molecule has 0 unspecified atom stereocenters. The number of fused-ring (bicyclic) bond motifs is 2. The second-order valence-electron chi connectivity index (χ2n) is 8.19. The van der Waals surface area contributed by atoms with E-state index in [9.17, 15) is 9.90 Å².